The first-order valence-corrected chi connectivity index (χ1v) is 7.83. The minimum atomic E-state index is 0.428. The number of hydrogen-bond donors (Lipinski definition) is 1. The van der Waals surface area contributed by atoms with Crippen LogP contribution in [-0.2, 0) is 0 Å². The van der Waals surface area contributed by atoms with Gasteiger partial charge in [-0.1, -0.05) is 34.6 Å². The molecule has 1 aliphatic heterocycles. The van der Waals surface area contributed by atoms with Crippen LogP contribution >= 0.6 is 0 Å². The average Bonchev–Trinajstić information content (AvgIpc) is 2.27. The maximum atomic E-state index is 3.75. The Morgan fingerprint density at radius 1 is 1.22 bits per heavy atom. The molecule has 1 N–H and O–H groups in total. The Labute approximate surface area is 115 Å². The summed E-state index contributed by atoms with van der Waals surface area (Å²) in [6.45, 7) is 17.9. The molecule has 1 rings (SSSR count). The van der Waals surface area contributed by atoms with Crippen LogP contribution < -0.4 is 5.32 Å². The molecule has 108 valence electrons. The smallest absolute Gasteiger partial charge is 0.00790 e. The van der Waals surface area contributed by atoms with Crippen LogP contribution in [0, 0.1) is 11.3 Å². The highest BCUT2D eigenvalue weighted by molar-refractivity contribution is 4.81. The fourth-order valence-corrected chi connectivity index (χ4v) is 2.63. The van der Waals surface area contributed by atoms with E-state index in [1.165, 1.54) is 38.9 Å². The van der Waals surface area contributed by atoms with Gasteiger partial charge in [0.15, 0.2) is 0 Å². The van der Waals surface area contributed by atoms with Crippen LogP contribution in [0.1, 0.15) is 60.8 Å². The second-order valence-corrected chi connectivity index (χ2v) is 7.17. The Hall–Kier alpha value is -0.0800. The standard InChI is InChI=1S/C16H34N2/c1-7-15-9-11-18(10-8-14(4)17-15)12-16(5,6)13(2)3/h13-15,17H,7-12H2,1-6H3. The third-order valence-electron chi connectivity index (χ3n) is 4.88. The summed E-state index contributed by atoms with van der Waals surface area (Å²) in [5, 5.41) is 3.75. The second kappa shape index (κ2) is 6.91. The molecule has 0 aromatic heterocycles. The molecule has 2 heteroatoms. The minimum absolute atomic E-state index is 0.428. The predicted octanol–water partition coefficient (Wildman–Crippen LogP) is 3.52. The Bertz CT molecular complexity index is 235. The van der Waals surface area contributed by atoms with Gasteiger partial charge < -0.3 is 10.2 Å². The molecule has 1 saturated heterocycles. The Morgan fingerprint density at radius 2 is 1.83 bits per heavy atom. The maximum Gasteiger partial charge on any atom is 0.00790 e. The monoisotopic (exact) mass is 254 g/mol. The lowest BCUT2D eigenvalue weighted by molar-refractivity contribution is 0.117. The summed E-state index contributed by atoms with van der Waals surface area (Å²) in [4.78, 5) is 2.69. The van der Waals surface area contributed by atoms with Crippen molar-refractivity contribution in [2.75, 3.05) is 19.6 Å². The first kappa shape index (κ1) is 16.0. The lowest BCUT2D eigenvalue weighted by Crippen LogP contribution is -2.46. The van der Waals surface area contributed by atoms with Gasteiger partial charge >= 0.3 is 0 Å². The molecule has 2 atom stereocenters. The van der Waals surface area contributed by atoms with Crippen molar-refractivity contribution in [1.29, 1.82) is 0 Å². The molecule has 1 aliphatic rings. The Balaban J connectivity index is 2.55. The van der Waals surface area contributed by atoms with Crippen LogP contribution in [0.4, 0.5) is 0 Å². The van der Waals surface area contributed by atoms with Crippen LogP contribution in [0.2, 0.25) is 0 Å². The second-order valence-electron chi connectivity index (χ2n) is 7.17. The average molecular weight is 254 g/mol. The lowest BCUT2D eigenvalue weighted by atomic mass is 9.80. The zero-order valence-electron chi connectivity index (χ0n) is 13.4. The van der Waals surface area contributed by atoms with Gasteiger partial charge in [0.25, 0.3) is 0 Å². The molecule has 1 fully saturated rings. The zero-order valence-corrected chi connectivity index (χ0v) is 13.4. The number of nitrogens with one attached hydrogen (secondary N) is 1. The van der Waals surface area contributed by atoms with Crippen LogP contribution in [0.25, 0.3) is 0 Å². The van der Waals surface area contributed by atoms with Crippen LogP contribution in [-0.4, -0.2) is 36.6 Å². The van der Waals surface area contributed by atoms with E-state index in [-0.39, 0.29) is 0 Å². The van der Waals surface area contributed by atoms with Gasteiger partial charge in [-0.3, -0.25) is 0 Å². The molecule has 0 aromatic rings. The lowest BCUT2D eigenvalue weighted by Gasteiger charge is -2.38. The van der Waals surface area contributed by atoms with Crippen molar-refractivity contribution < 1.29 is 0 Å². The highest BCUT2D eigenvalue weighted by atomic mass is 15.1. The van der Waals surface area contributed by atoms with Crippen molar-refractivity contribution in [2.24, 2.45) is 11.3 Å². The van der Waals surface area contributed by atoms with E-state index >= 15 is 0 Å². The molecular weight excluding hydrogens is 220 g/mol. The molecule has 0 aromatic carbocycles. The SMILES string of the molecule is CCC1CCN(CC(C)(C)C(C)C)CCC(C)N1. The normalized spacial score (nSPS) is 28.2. The van der Waals surface area contributed by atoms with E-state index in [1.807, 2.05) is 0 Å². The van der Waals surface area contributed by atoms with Crippen LogP contribution in [0.5, 0.6) is 0 Å². The van der Waals surface area contributed by atoms with Gasteiger partial charge in [0.2, 0.25) is 0 Å². The van der Waals surface area contributed by atoms with Crippen molar-refractivity contribution >= 4 is 0 Å². The predicted molar refractivity (Wildman–Crippen MR) is 81.0 cm³/mol. The largest absolute Gasteiger partial charge is 0.311 e. The van der Waals surface area contributed by atoms with E-state index in [0.717, 1.165) is 5.92 Å². The maximum absolute atomic E-state index is 3.75. The number of nitrogens with zero attached hydrogens (tertiary/aromatic N) is 1. The summed E-state index contributed by atoms with van der Waals surface area (Å²) in [6.07, 6.45) is 3.84. The van der Waals surface area contributed by atoms with Crippen molar-refractivity contribution in [3.8, 4) is 0 Å². The van der Waals surface area contributed by atoms with Gasteiger partial charge in [0.1, 0.15) is 0 Å². The Kier molecular flexibility index (Phi) is 6.13. The van der Waals surface area contributed by atoms with Crippen molar-refractivity contribution in [3.63, 3.8) is 0 Å². The van der Waals surface area contributed by atoms with Crippen molar-refractivity contribution in [1.82, 2.24) is 10.2 Å². The summed E-state index contributed by atoms with van der Waals surface area (Å²) in [6, 6.07) is 1.38. The zero-order chi connectivity index (χ0) is 13.8. The highest BCUT2D eigenvalue weighted by Crippen LogP contribution is 2.27. The van der Waals surface area contributed by atoms with E-state index in [4.69, 9.17) is 0 Å². The highest BCUT2D eigenvalue weighted by Gasteiger charge is 2.26. The molecule has 0 aliphatic carbocycles. The van der Waals surface area contributed by atoms with Gasteiger partial charge in [0, 0.05) is 18.6 Å². The molecule has 0 spiro atoms. The summed E-state index contributed by atoms with van der Waals surface area (Å²) >= 11 is 0. The first-order valence-electron chi connectivity index (χ1n) is 7.83. The van der Waals surface area contributed by atoms with E-state index in [1.54, 1.807) is 0 Å². The van der Waals surface area contributed by atoms with E-state index in [9.17, 15) is 0 Å². The molecule has 18 heavy (non-hydrogen) atoms. The van der Waals surface area contributed by atoms with Gasteiger partial charge in [-0.25, -0.2) is 0 Å². The minimum Gasteiger partial charge on any atom is -0.311 e. The van der Waals surface area contributed by atoms with Crippen molar-refractivity contribution in [3.05, 3.63) is 0 Å². The van der Waals surface area contributed by atoms with Gasteiger partial charge in [0.05, 0.1) is 0 Å². The van der Waals surface area contributed by atoms with E-state index in [2.05, 4.69) is 51.8 Å². The molecular formula is C16H34N2. The molecule has 2 nitrogen and oxygen atoms in total. The molecule has 0 amide bonds. The van der Waals surface area contributed by atoms with Crippen LogP contribution in [0.3, 0.4) is 0 Å². The van der Waals surface area contributed by atoms with E-state index in [0.29, 0.717) is 17.5 Å². The number of hydrogen-bond acceptors (Lipinski definition) is 2. The third-order valence-corrected chi connectivity index (χ3v) is 4.88. The third kappa shape index (κ3) is 4.89. The molecule has 2 unspecified atom stereocenters. The molecule has 0 saturated carbocycles. The van der Waals surface area contributed by atoms with Crippen molar-refractivity contribution in [2.45, 2.75) is 72.9 Å². The summed E-state index contributed by atoms with van der Waals surface area (Å²) in [5.41, 5.74) is 0.428. The molecule has 0 bridgehead atoms. The quantitative estimate of drug-likeness (QED) is 0.826. The molecule has 0 radical (unpaired) electrons. The van der Waals surface area contributed by atoms with Gasteiger partial charge in [-0.05, 0) is 50.6 Å². The van der Waals surface area contributed by atoms with Crippen LogP contribution in [0.15, 0.2) is 0 Å². The topological polar surface area (TPSA) is 15.3 Å². The first-order chi connectivity index (χ1) is 8.35. The Morgan fingerprint density at radius 3 is 2.39 bits per heavy atom. The fraction of sp³-hybridized carbons (Fsp3) is 1.00. The summed E-state index contributed by atoms with van der Waals surface area (Å²) in [7, 11) is 0. The van der Waals surface area contributed by atoms with E-state index < -0.39 is 0 Å². The summed E-state index contributed by atoms with van der Waals surface area (Å²) in [5.74, 6) is 0.750. The molecule has 1 heterocycles. The summed E-state index contributed by atoms with van der Waals surface area (Å²) < 4.78 is 0. The fourth-order valence-electron chi connectivity index (χ4n) is 2.63. The van der Waals surface area contributed by atoms with Gasteiger partial charge in [-0.15, -0.1) is 0 Å². The van der Waals surface area contributed by atoms with Gasteiger partial charge in [-0.2, -0.15) is 0 Å². The number of rotatable bonds is 4.